The molecule has 0 saturated heterocycles. The Balaban J connectivity index is 1.63. The fourth-order valence-electron chi connectivity index (χ4n) is 5.35. The first-order valence-electron chi connectivity index (χ1n) is 12.0. The molecule has 0 bridgehead atoms. The number of halogens is 1. The zero-order chi connectivity index (χ0) is 24.7. The van der Waals surface area contributed by atoms with E-state index in [1.54, 1.807) is 22.5 Å². The van der Waals surface area contributed by atoms with E-state index in [2.05, 4.69) is 10.6 Å². The number of anilines is 1. The van der Waals surface area contributed by atoms with Gasteiger partial charge in [-0.3, -0.25) is 14.4 Å². The average Bonchev–Trinajstić information content (AvgIpc) is 3.43. The molecule has 2 N–H and O–H groups in total. The van der Waals surface area contributed by atoms with Crippen molar-refractivity contribution in [2.45, 2.75) is 70.6 Å². The summed E-state index contributed by atoms with van der Waals surface area (Å²) in [6, 6.07) is 8.19. The minimum Gasteiger partial charge on any atom is -0.351 e. The molecular formula is C26H29FN4O3S. The Kier molecular flexibility index (Phi) is 6.13. The van der Waals surface area contributed by atoms with Crippen LogP contribution < -0.4 is 10.6 Å². The number of carbonyl (C=O) groups excluding carboxylic acids is 3. The maximum absolute atomic E-state index is 14.2. The summed E-state index contributed by atoms with van der Waals surface area (Å²) in [4.78, 5) is 42.5. The van der Waals surface area contributed by atoms with Crippen LogP contribution in [0.5, 0.6) is 0 Å². The molecule has 1 atom stereocenters. The number of amides is 3. The van der Waals surface area contributed by atoms with Gasteiger partial charge in [-0.2, -0.15) is 0 Å². The van der Waals surface area contributed by atoms with Crippen LogP contribution in [0.3, 0.4) is 0 Å². The molecule has 2 aromatic heterocycles. The van der Waals surface area contributed by atoms with Crippen LogP contribution in [-0.4, -0.2) is 38.8 Å². The van der Waals surface area contributed by atoms with Crippen molar-refractivity contribution in [3.8, 4) is 0 Å². The largest absolute Gasteiger partial charge is 0.351 e. The molecule has 1 saturated carbocycles. The maximum atomic E-state index is 14.2. The number of nitrogens with zero attached hydrogens (tertiary/aromatic N) is 2. The molecule has 35 heavy (non-hydrogen) atoms. The quantitative estimate of drug-likeness (QED) is 0.539. The van der Waals surface area contributed by atoms with Crippen molar-refractivity contribution in [3.63, 3.8) is 0 Å². The van der Waals surface area contributed by atoms with Gasteiger partial charge < -0.3 is 20.1 Å². The van der Waals surface area contributed by atoms with Crippen molar-refractivity contribution in [1.29, 1.82) is 0 Å². The summed E-state index contributed by atoms with van der Waals surface area (Å²) in [6.45, 7) is 3.61. The summed E-state index contributed by atoms with van der Waals surface area (Å²) in [5.74, 6) is -1.38. The second-order valence-corrected chi connectivity index (χ2v) is 10.7. The van der Waals surface area contributed by atoms with Crippen LogP contribution in [0, 0.1) is 5.82 Å². The molecule has 7 nitrogen and oxygen atoms in total. The number of thiophene rings is 1. The van der Waals surface area contributed by atoms with E-state index in [-0.39, 0.29) is 48.2 Å². The van der Waals surface area contributed by atoms with Gasteiger partial charge in [0.15, 0.2) is 0 Å². The third kappa shape index (κ3) is 4.22. The van der Waals surface area contributed by atoms with Gasteiger partial charge in [-0.1, -0.05) is 25.3 Å². The van der Waals surface area contributed by atoms with E-state index in [4.69, 9.17) is 0 Å². The predicted octanol–water partition coefficient (Wildman–Crippen LogP) is 4.66. The SMILES string of the molecule is CC(=O)Nc1c2n(c3ccc(F)cc13)C[C@@](C)(C(=O)NC1CCCCC1)N(Cc1cccs1)C2=O. The molecule has 0 unspecified atom stereocenters. The minimum absolute atomic E-state index is 0.0959. The van der Waals surface area contributed by atoms with E-state index in [0.29, 0.717) is 10.9 Å². The van der Waals surface area contributed by atoms with Crippen LogP contribution in [0.2, 0.25) is 0 Å². The fraction of sp³-hybridized carbons (Fsp3) is 0.423. The summed E-state index contributed by atoms with van der Waals surface area (Å²) in [5.41, 5.74) is -0.0199. The summed E-state index contributed by atoms with van der Waals surface area (Å²) in [7, 11) is 0. The monoisotopic (exact) mass is 496 g/mol. The first-order valence-corrected chi connectivity index (χ1v) is 12.9. The molecule has 1 aliphatic heterocycles. The molecule has 9 heteroatoms. The number of benzene rings is 1. The zero-order valence-corrected chi connectivity index (χ0v) is 20.7. The Bertz CT molecular complexity index is 1300. The number of aromatic nitrogens is 1. The fourth-order valence-corrected chi connectivity index (χ4v) is 6.04. The highest BCUT2D eigenvalue weighted by molar-refractivity contribution is 7.09. The second-order valence-electron chi connectivity index (χ2n) is 9.71. The normalized spacial score (nSPS) is 20.7. The molecule has 0 spiro atoms. The Morgan fingerprint density at radius 1 is 1.20 bits per heavy atom. The van der Waals surface area contributed by atoms with Crippen LogP contribution in [-0.2, 0) is 22.7 Å². The van der Waals surface area contributed by atoms with Gasteiger partial charge in [0.05, 0.1) is 24.3 Å². The smallest absolute Gasteiger partial charge is 0.273 e. The van der Waals surface area contributed by atoms with Gasteiger partial charge in [-0.05, 0) is 49.4 Å². The Hall–Kier alpha value is -3.20. The number of hydrogen-bond acceptors (Lipinski definition) is 4. The Morgan fingerprint density at radius 2 is 1.97 bits per heavy atom. The van der Waals surface area contributed by atoms with Crippen molar-refractivity contribution in [2.24, 2.45) is 0 Å². The maximum Gasteiger partial charge on any atom is 0.273 e. The molecule has 3 aromatic rings. The second kappa shape index (κ2) is 9.11. The van der Waals surface area contributed by atoms with Crippen LogP contribution in [0.4, 0.5) is 10.1 Å². The van der Waals surface area contributed by atoms with Crippen LogP contribution in [0.15, 0.2) is 35.7 Å². The lowest BCUT2D eigenvalue weighted by atomic mass is 9.91. The van der Waals surface area contributed by atoms with Crippen molar-refractivity contribution < 1.29 is 18.8 Å². The van der Waals surface area contributed by atoms with Crippen molar-refractivity contribution in [1.82, 2.24) is 14.8 Å². The lowest BCUT2D eigenvalue weighted by molar-refractivity contribution is -0.134. The first kappa shape index (κ1) is 23.5. The first-order chi connectivity index (χ1) is 16.8. The number of hydrogen-bond donors (Lipinski definition) is 2. The molecule has 1 aliphatic carbocycles. The van der Waals surface area contributed by atoms with Gasteiger partial charge in [-0.15, -0.1) is 11.3 Å². The third-order valence-electron chi connectivity index (χ3n) is 7.16. The molecule has 5 rings (SSSR count). The van der Waals surface area contributed by atoms with E-state index in [0.717, 1.165) is 30.6 Å². The minimum atomic E-state index is -1.17. The Labute approximate surface area is 207 Å². The topological polar surface area (TPSA) is 83.4 Å². The lowest BCUT2D eigenvalue weighted by Crippen LogP contribution is -2.64. The van der Waals surface area contributed by atoms with E-state index in [1.807, 2.05) is 17.5 Å². The van der Waals surface area contributed by atoms with Gasteiger partial charge in [0.2, 0.25) is 11.8 Å². The number of carbonyl (C=O) groups is 3. The molecule has 184 valence electrons. The van der Waals surface area contributed by atoms with Gasteiger partial charge in [0.25, 0.3) is 5.91 Å². The highest BCUT2D eigenvalue weighted by Gasteiger charge is 2.49. The van der Waals surface area contributed by atoms with E-state index in [9.17, 15) is 18.8 Å². The van der Waals surface area contributed by atoms with Gasteiger partial charge in [0, 0.05) is 23.2 Å². The van der Waals surface area contributed by atoms with E-state index in [1.165, 1.54) is 36.8 Å². The molecule has 1 fully saturated rings. The van der Waals surface area contributed by atoms with Crippen molar-refractivity contribution in [2.75, 3.05) is 5.32 Å². The molecular weight excluding hydrogens is 467 g/mol. The summed E-state index contributed by atoms with van der Waals surface area (Å²) in [5, 5.41) is 8.33. The molecule has 3 heterocycles. The van der Waals surface area contributed by atoms with Gasteiger partial charge >= 0.3 is 0 Å². The van der Waals surface area contributed by atoms with Crippen molar-refractivity contribution in [3.05, 3.63) is 52.1 Å². The van der Waals surface area contributed by atoms with Crippen LogP contribution in [0.25, 0.3) is 10.9 Å². The number of fused-ring (bicyclic) bond motifs is 3. The van der Waals surface area contributed by atoms with E-state index < -0.39 is 11.4 Å². The summed E-state index contributed by atoms with van der Waals surface area (Å²) in [6.07, 6.45) is 5.21. The standard InChI is InChI=1S/C26H29FN4O3S/c1-16(32)28-22-20-13-17(27)10-11-21(20)30-15-26(2,25(34)29-18-7-4-3-5-8-18)31(24(33)23(22)30)14-19-9-6-12-35-19/h6,9-13,18H,3-5,7-8,14-15H2,1-2H3,(H,28,32)(H,29,34)/t26-/m0/s1. The number of rotatable bonds is 5. The highest BCUT2D eigenvalue weighted by Crippen LogP contribution is 2.40. The summed E-state index contributed by atoms with van der Waals surface area (Å²) < 4.78 is 16.0. The zero-order valence-electron chi connectivity index (χ0n) is 19.9. The third-order valence-corrected chi connectivity index (χ3v) is 8.02. The number of nitrogens with one attached hydrogen (secondary N) is 2. The van der Waals surface area contributed by atoms with Gasteiger partial charge in [0.1, 0.15) is 17.1 Å². The lowest BCUT2D eigenvalue weighted by Gasteiger charge is -2.45. The van der Waals surface area contributed by atoms with Crippen LogP contribution >= 0.6 is 11.3 Å². The highest BCUT2D eigenvalue weighted by atomic mass is 32.1. The molecule has 2 aliphatic rings. The average molecular weight is 497 g/mol. The van der Waals surface area contributed by atoms with Crippen LogP contribution in [0.1, 0.15) is 61.3 Å². The molecule has 1 aromatic carbocycles. The Morgan fingerprint density at radius 3 is 2.66 bits per heavy atom. The summed E-state index contributed by atoms with van der Waals surface area (Å²) >= 11 is 1.52. The predicted molar refractivity (Wildman–Crippen MR) is 134 cm³/mol. The van der Waals surface area contributed by atoms with E-state index >= 15 is 0 Å². The van der Waals surface area contributed by atoms with Gasteiger partial charge in [-0.25, -0.2) is 4.39 Å². The molecule has 0 radical (unpaired) electrons. The van der Waals surface area contributed by atoms with Crippen molar-refractivity contribution >= 4 is 45.6 Å². The molecule has 3 amide bonds.